The first-order valence-corrected chi connectivity index (χ1v) is 10.0. The number of aryl methyl sites for hydroxylation is 2. The van der Waals surface area contributed by atoms with Crippen molar-refractivity contribution in [1.29, 1.82) is 0 Å². The summed E-state index contributed by atoms with van der Waals surface area (Å²) >= 11 is 5.91. The standard InChI is InChI=1S/C23H27ClN2O2/c1-15-13-16(2)22(18(4)27)17(3)21(15)14-25-9-11-26(12-10-25)23(28)19-5-7-20(24)8-6-19/h5-8,13H,9-12,14H2,1-4H3. The van der Waals surface area contributed by atoms with Crippen molar-refractivity contribution >= 4 is 23.3 Å². The van der Waals surface area contributed by atoms with Crippen LogP contribution in [-0.2, 0) is 6.54 Å². The monoisotopic (exact) mass is 398 g/mol. The zero-order chi connectivity index (χ0) is 20.4. The third kappa shape index (κ3) is 4.29. The van der Waals surface area contributed by atoms with Crippen LogP contribution in [0.15, 0.2) is 30.3 Å². The van der Waals surface area contributed by atoms with Crippen molar-refractivity contribution in [3.05, 3.63) is 68.7 Å². The molecule has 1 aliphatic rings. The van der Waals surface area contributed by atoms with Gasteiger partial charge in [-0.2, -0.15) is 0 Å². The van der Waals surface area contributed by atoms with Gasteiger partial charge < -0.3 is 4.90 Å². The molecule has 2 aromatic carbocycles. The Hall–Kier alpha value is -2.17. The largest absolute Gasteiger partial charge is 0.336 e. The Labute approximate surface area is 172 Å². The number of hydrogen-bond donors (Lipinski definition) is 0. The summed E-state index contributed by atoms with van der Waals surface area (Å²) in [5, 5.41) is 0.634. The molecule has 1 heterocycles. The van der Waals surface area contributed by atoms with Gasteiger partial charge in [0.1, 0.15) is 0 Å². The minimum atomic E-state index is 0.0536. The maximum Gasteiger partial charge on any atom is 0.253 e. The molecule has 0 spiro atoms. The first-order chi connectivity index (χ1) is 13.3. The lowest BCUT2D eigenvalue weighted by Gasteiger charge is -2.35. The topological polar surface area (TPSA) is 40.6 Å². The van der Waals surface area contributed by atoms with Gasteiger partial charge >= 0.3 is 0 Å². The molecule has 28 heavy (non-hydrogen) atoms. The molecule has 1 aliphatic heterocycles. The van der Waals surface area contributed by atoms with E-state index in [1.165, 1.54) is 11.1 Å². The molecule has 2 aromatic rings. The predicted molar refractivity (Wildman–Crippen MR) is 113 cm³/mol. The second-order valence-corrected chi connectivity index (χ2v) is 8.06. The number of benzene rings is 2. The minimum absolute atomic E-state index is 0.0536. The van der Waals surface area contributed by atoms with Gasteiger partial charge in [-0.15, -0.1) is 0 Å². The van der Waals surface area contributed by atoms with Gasteiger partial charge in [0.05, 0.1) is 0 Å². The van der Waals surface area contributed by atoms with Crippen molar-refractivity contribution in [1.82, 2.24) is 9.80 Å². The van der Waals surface area contributed by atoms with Crippen LogP contribution in [0.4, 0.5) is 0 Å². The van der Waals surface area contributed by atoms with Gasteiger partial charge in [0.2, 0.25) is 0 Å². The number of carbonyl (C=O) groups is 2. The third-order valence-corrected chi connectivity index (χ3v) is 5.87. The quantitative estimate of drug-likeness (QED) is 0.715. The van der Waals surface area contributed by atoms with Crippen molar-refractivity contribution in [2.75, 3.05) is 26.2 Å². The van der Waals surface area contributed by atoms with Crippen LogP contribution in [0.5, 0.6) is 0 Å². The number of ketones is 1. The highest BCUT2D eigenvalue weighted by Crippen LogP contribution is 2.25. The first-order valence-electron chi connectivity index (χ1n) is 9.65. The average molecular weight is 399 g/mol. The smallest absolute Gasteiger partial charge is 0.253 e. The van der Waals surface area contributed by atoms with Crippen molar-refractivity contribution in [3.8, 4) is 0 Å². The van der Waals surface area contributed by atoms with Crippen LogP contribution in [-0.4, -0.2) is 47.7 Å². The van der Waals surface area contributed by atoms with Crippen molar-refractivity contribution in [2.45, 2.75) is 34.2 Å². The molecule has 0 unspecified atom stereocenters. The van der Waals surface area contributed by atoms with Crippen LogP contribution in [0.25, 0.3) is 0 Å². The average Bonchev–Trinajstić information content (AvgIpc) is 2.65. The van der Waals surface area contributed by atoms with Crippen LogP contribution in [0.3, 0.4) is 0 Å². The molecule has 5 heteroatoms. The zero-order valence-corrected chi connectivity index (χ0v) is 17.8. The molecule has 1 fully saturated rings. The normalized spacial score (nSPS) is 15.0. The zero-order valence-electron chi connectivity index (χ0n) is 17.0. The number of carbonyl (C=O) groups excluding carboxylic acids is 2. The van der Waals surface area contributed by atoms with Crippen molar-refractivity contribution < 1.29 is 9.59 Å². The van der Waals surface area contributed by atoms with Crippen molar-refractivity contribution in [3.63, 3.8) is 0 Å². The third-order valence-electron chi connectivity index (χ3n) is 5.62. The fourth-order valence-corrected chi connectivity index (χ4v) is 4.25. The summed E-state index contributed by atoms with van der Waals surface area (Å²) < 4.78 is 0. The molecule has 0 aliphatic carbocycles. The Kier molecular flexibility index (Phi) is 6.21. The summed E-state index contributed by atoms with van der Waals surface area (Å²) in [7, 11) is 0. The Morgan fingerprint density at radius 3 is 2.14 bits per heavy atom. The molecule has 0 atom stereocenters. The summed E-state index contributed by atoms with van der Waals surface area (Å²) in [4.78, 5) is 29.0. The van der Waals surface area contributed by atoms with Gasteiger partial charge in [0.25, 0.3) is 5.91 Å². The molecule has 0 N–H and O–H groups in total. The second kappa shape index (κ2) is 8.46. The summed E-state index contributed by atoms with van der Waals surface area (Å²) in [6.45, 7) is 11.6. The van der Waals surface area contributed by atoms with Crippen molar-refractivity contribution in [2.24, 2.45) is 0 Å². The van der Waals surface area contributed by atoms with Gasteiger partial charge in [-0.05, 0) is 74.2 Å². The van der Waals surface area contributed by atoms with Gasteiger partial charge in [0, 0.05) is 48.9 Å². The summed E-state index contributed by atoms with van der Waals surface area (Å²) in [6.07, 6.45) is 0. The van der Waals surface area contributed by atoms with E-state index in [-0.39, 0.29) is 11.7 Å². The molecule has 0 radical (unpaired) electrons. The Morgan fingerprint density at radius 1 is 0.964 bits per heavy atom. The lowest BCUT2D eigenvalue weighted by Crippen LogP contribution is -2.48. The number of rotatable bonds is 4. The number of Topliss-reactive ketones (excluding diaryl/α,β-unsaturated/α-hetero) is 1. The van der Waals surface area contributed by atoms with Gasteiger partial charge in [-0.25, -0.2) is 0 Å². The molecule has 0 saturated carbocycles. The van der Waals surface area contributed by atoms with E-state index < -0.39 is 0 Å². The van der Waals surface area contributed by atoms with E-state index >= 15 is 0 Å². The summed E-state index contributed by atoms with van der Waals surface area (Å²) in [5.74, 6) is 0.174. The van der Waals surface area contributed by atoms with Crippen LogP contribution >= 0.6 is 11.6 Å². The lowest BCUT2D eigenvalue weighted by molar-refractivity contribution is 0.0627. The Bertz CT molecular complexity index is 898. The summed E-state index contributed by atoms with van der Waals surface area (Å²) in [6, 6.07) is 9.17. The van der Waals surface area contributed by atoms with E-state index in [9.17, 15) is 9.59 Å². The van der Waals surface area contributed by atoms with Gasteiger partial charge in [0.15, 0.2) is 5.78 Å². The highest BCUT2D eigenvalue weighted by Gasteiger charge is 2.23. The number of piperazine rings is 1. The number of amides is 1. The molecule has 1 saturated heterocycles. The maximum atomic E-state index is 12.7. The number of nitrogens with zero attached hydrogens (tertiary/aromatic N) is 2. The van der Waals surface area contributed by atoms with E-state index in [0.717, 1.165) is 36.3 Å². The molecular weight excluding hydrogens is 372 g/mol. The van der Waals surface area contributed by atoms with E-state index in [2.05, 4.69) is 17.9 Å². The molecular formula is C23H27ClN2O2. The highest BCUT2D eigenvalue weighted by atomic mass is 35.5. The lowest BCUT2D eigenvalue weighted by atomic mass is 9.91. The van der Waals surface area contributed by atoms with Crippen LogP contribution in [0, 0.1) is 20.8 Å². The van der Waals surface area contributed by atoms with E-state index in [0.29, 0.717) is 23.7 Å². The number of halogens is 1. The second-order valence-electron chi connectivity index (χ2n) is 7.62. The van der Waals surface area contributed by atoms with E-state index in [1.807, 2.05) is 18.7 Å². The molecule has 1 amide bonds. The maximum absolute atomic E-state index is 12.7. The Balaban J connectivity index is 1.68. The molecule has 3 rings (SSSR count). The van der Waals surface area contributed by atoms with Gasteiger partial charge in [-0.3, -0.25) is 14.5 Å². The van der Waals surface area contributed by atoms with Crippen LogP contribution in [0.1, 0.15) is 49.9 Å². The minimum Gasteiger partial charge on any atom is -0.336 e. The molecule has 0 bridgehead atoms. The molecule has 148 valence electrons. The summed E-state index contributed by atoms with van der Waals surface area (Å²) in [5.41, 5.74) is 6.11. The fraction of sp³-hybridized carbons (Fsp3) is 0.391. The van der Waals surface area contributed by atoms with Gasteiger partial charge in [-0.1, -0.05) is 17.7 Å². The fourth-order valence-electron chi connectivity index (χ4n) is 4.12. The molecule has 4 nitrogen and oxygen atoms in total. The first kappa shape index (κ1) is 20.6. The van der Waals surface area contributed by atoms with E-state index in [4.69, 9.17) is 11.6 Å². The highest BCUT2D eigenvalue weighted by molar-refractivity contribution is 6.30. The Morgan fingerprint density at radius 2 is 1.57 bits per heavy atom. The SMILES string of the molecule is CC(=O)c1c(C)cc(C)c(CN2CCN(C(=O)c3ccc(Cl)cc3)CC2)c1C. The van der Waals surface area contributed by atoms with Crippen LogP contribution < -0.4 is 0 Å². The van der Waals surface area contributed by atoms with Crippen LogP contribution in [0.2, 0.25) is 5.02 Å². The van der Waals surface area contributed by atoms with E-state index in [1.54, 1.807) is 31.2 Å². The predicted octanol–water partition coefficient (Wildman–Crippen LogP) is 4.43. The number of hydrogen-bond acceptors (Lipinski definition) is 3. The molecule has 0 aromatic heterocycles.